The number of benzene rings is 1. The number of ether oxygens (including phenoxy) is 2. The van der Waals surface area contributed by atoms with Crippen LogP contribution in [-0.2, 0) is 0 Å². The Morgan fingerprint density at radius 1 is 1.13 bits per heavy atom. The molecule has 0 aliphatic carbocycles. The minimum atomic E-state index is -0.985. The van der Waals surface area contributed by atoms with Gasteiger partial charge in [-0.15, -0.1) is 0 Å². The molecule has 0 saturated carbocycles. The highest BCUT2D eigenvalue weighted by molar-refractivity contribution is 6.32. The van der Waals surface area contributed by atoms with E-state index in [1.54, 1.807) is 25.1 Å². The Hall–Kier alpha value is -2.75. The molecule has 2 heterocycles. The van der Waals surface area contributed by atoms with Gasteiger partial charge in [-0.05, 0) is 51.5 Å². The molecule has 0 aliphatic heterocycles. The van der Waals surface area contributed by atoms with Crippen LogP contribution >= 0.6 is 11.6 Å². The molecule has 0 bridgehead atoms. The van der Waals surface area contributed by atoms with E-state index in [-0.39, 0.29) is 24.6 Å². The standard InChI is InChI=1S/C20H23ClN4O5/c1-10(2)29-20-22-12(4)6-16(23-20)19-24-18(25-30-19)13-5-11(3)17(15(21)7-13)28-9-14(27)8-26/h5-7,10,14,26-27H,8-9H2,1-4H3/t14-/m0/s1. The van der Waals surface area contributed by atoms with Crippen molar-refractivity contribution < 1.29 is 24.2 Å². The molecule has 3 rings (SSSR count). The first-order valence-electron chi connectivity index (χ1n) is 9.35. The van der Waals surface area contributed by atoms with Gasteiger partial charge in [-0.25, -0.2) is 4.98 Å². The van der Waals surface area contributed by atoms with Gasteiger partial charge in [0.05, 0.1) is 17.7 Å². The maximum atomic E-state index is 9.46. The fourth-order valence-electron chi connectivity index (χ4n) is 2.63. The van der Waals surface area contributed by atoms with Gasteiger partial charge in [0.25, 0.3) is 5.89 Å². The molecule has 2 N–H and O–H groups in total. The van der Waals surface area contributed by atoms with Crippen LogP contribution in [0.2, 0.25) is 5.02 Å². The summed E-state index contributed by atoms with van der Waals surface area (Å²) in [6, 6.07) is 5.40. The van der Waals surface area contributed by atoms with Crippen molar-refractivity contribution >= 4 is 11.6 Å². The Morgan fingerprint density at radius 2 is 1.90 bits per heavy atom. The summed E-state index contributed by atoms with van der Waals surface area (Å²) in [5.41, 5.74) is 2.52. The number of nitrogens with zero attached hydrogens (tertiary/aromatic N) is 4. The zero-order valence-electron chi connectivity index (χ0n) is 17.1. The van der Waals surface area contributed by atoms with Crippen molar-refractivity contribution in [2.24, 2.45) is 0 Å². The number of aromatic nitrogens is 4. The van der Waals surface area contributed by atoms with Gasteiger partial charge in [0.15, 0.2) is 0 Å². The molecule has 0 radical (unpaired) electrons. The second-order valence-electron chi connectivity index (χ2n) is 7.02. The van der Waals surface area contributed by atoms with Crippen molar-refractivity contribution in [3.05, 3.63) is 34.5 Å². The number of aryl methyl sites for hydroxylation is 2. The minimum absolute atomic E-state index is 0.0674. The summed E-state index contributed by atoms with van der Waals surface area (Å²) in [6.45, 7) is 6.94. The van der Waals surface area contributed by atoms with Gasteiger partial charge in [0.2, 0.25) is 5.82 Å². The fourth-order valence-corrected chi connectivity index (χ4v) is 2.96. The first kappa shape index (κ1) is 21.9. The Balaban J connectivity index is 1.87. The van der Waals surface area contributed by atoms with Crippen LogP contribution in [0, 0.1) is 13.8 Å². The third-order valence-corrected chi connectivity index (χ3v) is 4.22. The lowest BCUT2D eigenvalue weighted by molar-refractivity contribution is 0.0534. The molecule has 3 aromatic rings. The lowest BCUT2D eigenvalue weighted by atomic mass is 10.1. The number of aliphatic hydroxyl groups excluding tert-OH is 2. The SMILES string of the molecule is Cc1cc(-c2nc(-c3cc(C)c(OC[C@@H](O)CO)c(Cl)c3)no2)nc(OC(C)C)n1. The zero-order valence-corrected chi connectivity index (χ0v) is 17.8. The summed E-state index contributed by atoms with van der Waals surface area (Å²) in [6.07, 6.45) is -1.05. The van der Waals surface area contributed by atoms with Crippen LogP contribution in [0.1, 0.15) is 25.1 Å². The third kappa shape index (κ3) is 5.24. The highest BCUT2D eigenvalue weighted by Crippen LogP contribution is 2.34. The number of rotatable bonds is 8. The van der Waals surface area contributed by atoms with Crippen LogP contribution < -0.4 is 9.47 Å². The second-order valence-corrected chi connectivity index (χ2v) is 7.43. The van der Waals surface area contributed by atoms with E-state index in [1.807, 2.05) is 20.8 Å². The Morgan fingerprint density at radius 3 is 2.57 bits per heavy atom. The van der Waals surface area contributed by atoms with Crippen molar-refractivity contribution in [1.29, 1.82) is 0 Å². The quantitative estimate of drug-likeness (QED) is 0.550. The van der Waals surface area contributed by atoms with E-state index in [9.17, 15) is 5.11 Å². The van der Waals surface area contributed by atoms with Crippen LogP contribution in [0.4, 0.5) is 0 Å². The predicted octanol–water partition coefficient (Wildman–Crippen LogP) is 2.98. The molecule has 9 nitrogen and oxygen atoms in total. The van der Waals surface area contributed by atoms with Gasteiger partial charge >= 0.3 is 6.01 Å². The Bertz CT molecular complexity index is 1000. The number of aliphatic hydroxyl groups is 2. The van der Waals surface area contributed by atoms with E-state index in [1.165, 1.54) is 0 Å². The van der Waals surface area contributed by atoms with Crippen molar-refractivity contribution in [3.8, 4) is 34.7 Å². The number of halogens is 1. The summed E-state index contributed by atoms with van der Waals surface area (Å²) < 4.78 is 16.5. The van der Waals surface area contributed by atoms with Crippen molar-refractivity contribution in [2.75, 3.05) is 13.2 Å². The molecule has 160 valence electrons. The van der Waals surface area contributed by atoms with Crippen LogP contribution in [0.15, 0.2) is 22.7 Å². The van der Waals surface area contributed by atoms with E-state index in [0.717, 1.165) is 5.56 Å². The molecule has 0 amide bonds. The maximum Gasteiger partial charge on any atom is 0.317 e. The smallest absolute Gasteiger partial charge is 0.317 e. The third-order valence-electron chi connectivity index (χ3n) is 3.94. The van der Waals surface area contributed by atoms with Gasteiger partial charge < -0.3 is 24.2 Å². The van der Waals surface area contributed by atoms with E-state index in [4.69, 9.17) is 30.7 Å². The van der Waals surface area contributed by atoms with Crippen molar-refractivity contribution in [1.82, 2.24) is 20.1 Å². The number of hydrogen-bond acceptors (Lipinski definition) is 9. The maximum absolute atomic E-state index is 9.46. The van der Waals surface area contributed by atoms with E-state index < -0.39 is 12.7 Å². The lowest BCUT2D eigenvalue weighted by Gasteiger charge is -2.14. The lowest BCUT2D eigenvalue weighted by Crippen LogP contribution is -2.21. The second kappa shape index (κ2) is 9.38. The predicted molar refractivity (Wildman–Crippen MR) is 110 cm³/mol. The normalized spacial score (nSPS) is 12.3. The largest absolute Gasteiger partial charge is 0.489 e. The minimum Gasteiger partial charge on any atom is -0.489 e. The summed E-state index contributed by atoms with van der Waals surface area (Å²) in [5, 5.41) is 22.7. The molecule has 0 unspecified atom stereocenters. The Labute approximate surface area is 178 Å². The first-order valence-corrected chi connectivity index (χ1v) is 9.73. The van der Waals surface area contributed by atoms with Crippen LogP contribution in [0.5, 0.6) is 11.8 Å². The molecule has 10 heteroatoms. The molecule has 0 fully saturated rings. The average molecular weight is 435 g/mol. The molecule has 1 atom stereocenters. The van der Waals surface area contributed by atoms with Gasteiger partial charge in [0, 0.05) is 11.3 Å². The molecule has 2 aromatic heterocycles. The summed E-state index contributed by atoms with van der Waals surface area (Å²) in [4.78, 5) is 13.0. The molecular weight excluding hydrogens is 412 g/mol. The number of hydrogen-bond donors (Lipinski definition) is 2. The molecule has 0 aliphatic rings. The average Bonchev–Trinajstić information content (AvgIpc) is 3.16. The topological polar surface area (TPSA) is 124 Å². The van der Waals surface area contributed by atoms with Crippen molar-refractivity contribution in [3.63, 3.8) is 0 Å². The Kier molecular flexibility index (Phi) is 6.86. The highest BCUT2D eigenvalue weighted by atomic mass is 35.5. The van der Waals surface area contributed by atoms with Crippen LogP contribution in [0.25, 0.3) is 23.0 Å². The summed E-state index contributed by atoms with van der Waals surface area (Å²) in [5.74, 6) is 0.974. The van der Waals surface area contributed by atoms with Gasteiger partial charge in [-0.2, -0.15) is 9.97 Å². The summed E-state index contributed by atoms with van der Waals surface area (Å²) >= 11 is 6.33. The first-order chi connectivity index (χ1) is 14.3. The molecular formula is C20H23ClN4O5. The van der Waals surface area contributed by atoms with Gasteiger partial charge in [-0.3, -0.25) is 0 Å². The molecule has 0 saturated heterocycles. The van der Waals surface area contributed by atoms with E-state index in [0.29, 0.717) is 33.5 Å². The van der Waals surface area contributed by atoms with Gasteiger partial charge in [-0.1, -0.05) is 16.8 Å². The fraction of sp³-hybridized carbons (Fsp3) is 0.400. The van der Waals surface area contributed by atoms with E-state index in [2.05, 4.69) is 20.1 Å². The van der Waals surface area contributed by atoms with Gasteiger partial charge in [0.1, 0.15) is 24.2 Å². The molecule has 30 heavy (non-hydrogen) atoms. The monoisotopic (exact) mass is 434 g/mol. The van der Waals surface area contributed by atoms with Crippen molar-refractivity contribution in [2.45, 2.75) is 39.9 Å². The molecule has 1 aromatic carbocycles. The molecule has 0 spiro atoms. The highest BCUT2D eigenvalue weighted by Gasteiger charge is 2.17. The van der Waals surface area contributed by atoms with Crippen LogP contribution in [-0.4, -0.2) is 55.7 Å². The zero-order chi connectivity index (χ0) is 21.8. The van der Waals surface area contributed by atoms with Crippen LogP contribution in [0.3, 0.4) is 0 Å². The summed E-state index contributed by atoms with van der Waals surface area (Å²) in [7, 11) is 0. The van der Waals surface area contributed by atoms with E-state index >= 15 is 0 Å².